The number of anilines is 1. The molecule has 1 aromatic heterocycles. The lowest BCUT2D eigenvalue weighted by atomic mass is 9.64. The Bertz CT molecular complexity index is 1710. The number of aryl methyl sites for hydroxylation is 1. The van der Waals surface area contributed by atoms with E-state index in [1.54, 1.807) is 25.1 Å². The summed E-state index contributed by atoms with van der Waals surface area (Å²) in [6.45, 7) is 1.72. The normalized spacial score (nSPS) is 28.1. The zero-order chi connectivity index (χ0) is 27.3. The summed E-state index contributed by atoms with van der Waals surface area (Å²) in [5.74, 6) is -3.13. The van der Waals surface area contributed by atoms with Gasteiger partial charge in [0, 0.05) is 19.4 Å². The molecule has 3 aromatic rings. The Morgan fingerprint density at radius 1 is 1.00 bits per heavy atom. The highest BCUT2D eigenvalue weighted by Gasteiger charge is 2.75. The van der Waals surface area contributed by atoms with Gasteiger partial charge in [-0.1, -0.05) is 18.2 Å². The molecule has 2 aliphatic heterocycles. The van der Waals surface area contributed by atoms with E-state index in [2.05, 4.69) is 0 Å². The number of nitrogens with zero attached hydrogens (tertiary/aromatic N) is 4. The molecule has 3 heterocycles. The van der Waals surface area contributed by atoms with Crippen LogP contribution in [0.2, 0.25) is 0 Å². The molecular weight excluding hydrogens is 538 g/mol. The fourth-order valence-electron chi connectivity index (χ4n) is 6.00. The summed E-state index contributed by atoms with van der Waals surface area (Å²) in [6.07, 6.45) is 1.49. The number of aromatic hydroxyl groups is 1. The molecule has 1 saturated carbocycles. The van der Waals surface area contributed by atoms with Crippen LogP contribution in [0.1, 0.15) is 29.5 Å². The van der Waals surface area contributed by atoms with Gasteiger partial charge >= 0.3 is 11.4 Å². The van der Waals surface area contributed by atoms with E-state index in [-0.39, 0.29) is 24.4 Å². The van der Waals surface area contributed by atoms with Crippen molar-refractivity contribution in [3.63, 3.8) is 0 Å². The summed E-state index contributed by atoms with van der Waals surface area (Å²) in [5.41, 5.74) is 0.523. The van der Waals surface area contributed by atoms with Crippen LogP contribution in [0.15, 0.2) is 63.7 Å². The average molecular weight is 559 g/mol. The van der Waals surface area contributed by atoms with Gasteiger partial charge < -0.3 is 5.11 Å². The topological polar surface area (TPSA) is 107 Å². The number of hydrogen-bond donors (Lipinski definition) is 1. The molecule has 1 saturated heterocycles. The highest BCUT2D eigenvalue weighted by atomic mass is 35.5. The molecule has 0 bridgehead atoms. The number of allylic oxidation sites excluding steroid dienone is 2. The molecule has 2 amide bonds. The SMILES string of the molecule is Cc1cc([C@H]2C3=CCn4c(=O)n(C)c(=O)n4[C@@H]3C[C@@]3(Cl)C(=O)N(c4ccc(F)cc4)C(=O)[C@@]23Cl)ccc1O. The predicted octanol–water partition coefficient (Wildman–Crippen LogP) is 2.70. The second kappa shape index (κ2) is 7.94. The number of alkyl halides is 2. The van der Waals surface area contributed by atoms with Crippen molar-refractivity contribution in [3.05, 3.63) is 92.0 Å². The summed E-state index contributed by atoms with van der Waals surface area (Å²) < 4.78 is 17.1. The van der Waals surface area contributed by atoms with Crippen molar-refractivity contribution >= 4 is 40.7 Å². The van der Waals surface area contributed by atoms with Crippen molar-refractivity contribution in [2.45, 2.75) is 41.6 Å². The van der Waals surface area contributed by atoms with Gasteiger partial charge in [-0.3, -0.25) is 9.59 Å². The summed E-state index contributed by atoms with van der Waals surface area (Å²) in [7, 11) is 1.36. The highest BCUT2D eigenvalue weighted by Crippen LogP contribution is 2.63. The molecule has 2 aromatic carbocycles. The molecule has 3 aliphatic rings. The van der Waals surface area contributed by atoms with Gasteiger partial charge in [0.1, 0.15) is 11.6 Å². The molecule has 12 heteroatoms. The summed E-state index contributed by atoms with van der Waals surface area (Å²) in [5, 5.41) is 10.2. The molecule has 38 heavy (non-hydrogen) atoms. The van der Waals surface area contributed by atoms with E-state index in [1.165, 1.54) is 34.6 Å². The number of phenols is 1. The lowest BCUT2D eigenvalue weighted by Crippen LogP contribution is -2.59. The molecule has 6 rings (SSSR count). The Labute approximate surface area is 224 Å². The maximum atomic E-state index is 14.1. The van der Waals surface area contributed by atoms with Gasteiger partial charge in [0.05, 0.1) is 18.3 Å². The van der Waals surface area contributed by atoms with Crippen molar-refractivity contribution in [1.82, 2.24) is 13.9 Å². The first-order valence-corrected chi connectivity index (χ1v) is 12.6. The first kappa shape index (κ1) is 24.7. The molecule has 1 aliphatic carbocycles. The van der Waals surface area contributed by atoms with E-state index >= 15 is 0 Å². The second-order valence-corrected chi connectivity index (χ2v) is 11.1. The van der Waals surface area contributed by atoms with E-state index in [9.17, 15) is 28.7 Å². The van der Waals surface area contributed by atoms with Gasteiger partial charge in [-0.15, -0.1) is 23.2 Å². The standard InChI is InChI=1S/C26H21Cl2FN4O5/c1-13-11-14(3-8-19(13)34)20-17-9-10-31-23(37)30(2)24(38)33(31)18(17)12-25(27)21(35)32(22(36)26(20,25)28)16-6-4-15(29)5-7-16/h3-9,11,18,20,34H,10,12H2,1-2H3/t18-,20+,25-,26+/m1/s1. The van der Waals surface area contributed by atoms with Crippen LogP contribution >= 0.6 is 23.2 Å². The van der Waals surface area contributed by atoms with Gasteiger partial charge in [0.15, 0.2) is 9.75 Å². The molecule has 1 N–H and O–H groups in total. The lowest BCUT2D eigenvalue weighted by Gasteiger charge is -2.49. The van der Waals surface area contributed by atoms with Crippen LogP contribution in [-0.2, 0) is 23.2 Å². The van der Waals surface area contributed by atoms with Gasteiger partial charge in [0.25, 0.3) is 11.8 Å². The summed E-state index contributed by atoms with van der Waals surface area (Å²) in [6, 6.07) is 8.64. The van der Waals surface area contributed by atoms with Crippen LogP contribution < -0.4 is 16.3 Å². The Hall–Kier alpha value is -3.63. The van der Waals surface area contributed by atoms with E-state index in [0.717, 1.165) is 21.6 Å². The Balaban J connectivity index is 1.63. The fraction of sp³-hybridized carbons (Fsp3) is 0.308. The smallest absolute Gasteiger partial charge is 0.347 e. The Morgan fingerprint density at radius 3 is 2.34 bits per heavy atom. The van der Waals surface area contributed by atoms with Crippen molar-refractivity contribution in [2.24, 2.45) is 7.05 Å². The van der Waals surface area contributed by atoms with E-state index in [4.69, 9.17) is 23.2 Å². The number of fused-ring (bicyclic) bond motifs is 4. The minimum Gasteiger partial charge on any atom is -0.508 e. The molecule has 0 unspecified atom stereocenters. The van der Waals surface area contributed by atoms with Crippen molar-refractivity contribution < 1.29 is 19.1 Å². The summed E-state index contributed by atoms with van der Waals surface area (Å²) in [4.78, 5) is 50.8. The van der Waals surface area contributed by atoms with Crippen molar-refractivity contribution in [2.75, 3.05) is 4.90 Å². The second-order valence-electron chi connectivity index (χ2n) is 9.89. The molecule has 196 valence electrons. The molecule has 2 fully saturated rings. The lowest BCUT2D eigenvalue weighted by molar-refractivity contribution is -0.122. The summed E-state index contributed by atoms with van der Waals surface area (Å²) >= 11 is 14.4. The third-order valence-electron chi connectivity index (χ3n) is 7.91. The van der Waals surface area contributed by atoms with Gasteiger partial charge in [-0.2, -0.15) is 0 Å². The van der Waals surface area contributed by atoms with Crippen molar-refractivity contribution in [1.29, 1.82) is 0 Å². The first-order chi connectivity index (χ1) is 17.9. The highest BCUT2D eigenvalue weighted by molar-refractivity contribution is 6.58. The Kier molecular flexibility index (Phi) is 5.16. The quantitative estimate of drug-likeness (QED) is 0.295. The van der Waals surface area contributed by atoms with Gasteiger partial charge in [-0.25, -0.2) is 32.8 Å². The van der Waals surface area contributed by atoms with Gasteiger partial charge in [0.2, 0.25) is 0 Å². The molecule has 0 spiro atoms. The van der Waals surface area contributed by atoms with Crippen LogP contribution in [0.25, 0.3) is 0 Å². The number of rotatable bonds is 2. The number of carbonyl (C=O) groups is 2. The Morgan fingerprint density at radius 2 is 1.68 bits per heavy atom. The van der Waals surface area contributed by atoms with E-state index in [1.807, 2.05) is 0 Å². The monoisotopic (exact) mass is 558 g/mol. The number of amides is 2. The van der Waals surface area contributed by atoms with Crippen LogP contribution in [-0.4, -0.2) is 40.6 Å². The number of hydrogen-bond acceptors (Lipinski definition) is 5. The zero-order valence-electron chi connectivity index (χ0n) is 20.2. The fourth-order valence-corrected chi connectivity index (χ4v) is 6.92. The number of halogens is 3. The number of imide groups is 1. The number of benzene rings is 2. The maximum Gasteiger partial charge on any atom is 0.347 e. The molecule has 9 nitrogen and oxygen atoms in total. The minimum atomic E-state index is -2.04. The van der Waals surface area contributed by atoms with Crippen LogP contribution in [0.3, 0.4) is 0 Å². The number of carbonyl (C=O) groups excluding carboxylic acids is 2. The van der Waals surface area contributed by atoms with Crippen LogP contribution in [0.4, 0.5) is 10.1 Å². The molecular formula is C26H21Cl2FN4O5. The van der Waals surface area contributed by atoms with E-state index < -0.39 is 50.7 Å². The molecule has 4 atom stereocenters. The zero-order valence-corrected chi connectivity index (χ0v) is 21.7. The first-order valence-electron chi connectivity index (χ1n) is 11.8. The maximum absolute atomic E-state index is 14.1. The van der Waals surface area contributed by atoms with Crippen molar-refractivity contribution in [3.8, 4) is 5.75 Å². The van der Waals surface area contributed by atoms with E-state index in [0.29, 0.717) is 16.7 Å². The number of aromatic nitrogens is 3. The third-order valence-corrected chi connectivity index (χ3v) is 9.32. The largest absolute Gasteiger partial charge is 0.508 e. The average Bonchev–Trinajstić information content (AvgIpc) is 3.19. The number of phenolic OH excluding ortho intramolecular Hbond substituents is 1. The minimum absolute atomic E-state index is 0.0226. The predicted molar refractivity (Wildman–Crippen MR) is 137 cm³/mol. The van der Waals surface area contributed by atoms with Gasteiger partial charge in [-0.05, 0) is 54.0 Å². The van der Waals surface area contributed by atoms with Crippen LogP contribution in [0, 0.1) is 12.7 Å². The van der Waals surface area contributed by atoms with Crippen LogP contribution in [0.5, 0.6) is 5.75 Å². The molecule has 0 radical (unpaired) electrons. The third kappa shape index (κ3) is 2.92.